The van der Waals surface area contributed by atoms with E-state index in [1.807, 2.05) is 31.2 Å². The molecule has 0 amide bonds. The average molecular weight is 240 g/mol. The zero-order valence-electron chi connectivity index (χ0n) is 10.0. The van der Waals surface area contributed by atoms with Gasteiger partial charge in [0, 0.05) is 16.8 Å². The Labute approximate surface area is 105 Å². The van der Waals surface area contributed by atoms with Crippen LogP contribution in [0.2, 0.25) is 0 Å². The summed E-state index contributed by atoms with van der Waals surface area (Å²) in [5.74, 6) is -0.227. The molecule has 1 aliphatic rings. The van der Waals surface area contributed by atoms with Crippen molar-refractivity contribution in [2.24, 2.45) is 4.99 Å². The Bertz CT molecular complexity index is 602. The molecular weight excluding hydrogens is 227 g/mol. The largest absolute Gasteiger partial charge is 0.363 e. The first-order valence-electron chi connectivity index (χ1n) is 5.94. The molecule has 0 fully saturated rings. The van der Waals surface area contributed by atoms with E-state index >= 15 is 0 Å². The number of anilines is 1. The van der Waals surface area contributed by atoms with E-state index in [0.29, 0.717) is 0 Å². The summed E-state index contributed by atoms with van der Waals surface area (Å²) in [6.07, 6.45) is 0.0277. The van der Waals surface area contributed by atoms with E-state index in [2.05, 4.69) is 10.3 Å². The summed E-state index contributed by atoms with van der Waals surface area (Å²) in [5, 5.41) is 3.31. The van der Waals surface area contributed by atoms with Crippen molar-refractivity contribution >= 4 is 11.4 Å². The van der Waals surface area contributed by atoms with Gasteiger partial charge in [-0.2, -0.15) is 0 Å². The second-order valence-electron chi connectivity index (χ2n) is 4.35. The van der Waals surface area contributed by atoms with Gasteiger partial charge < -0.3 is 5.32 Å². The lowest BCUT2D eigenvalue weighted by Gasteiger charge is -2.23. The van der Waals surface area contributed by atoms with E-state index in [9.17, 15) is 4.39 Å². The molecule has 2 aromatic rings. The van der Waals surface area contributed by atoms with Gasteiger partial charge in [0.15, 0.2) is 0 Å². The third kappa shape index (κ3) is 1.88. The molecule has 0 aromatic heterocycles. The maximum Gasteiger partial charge on any atom is 0.123 e. The summed E-state index contributed by atoms with van der Waals surface area (Å²) in [6.45, 7) is 2.00. The van der Waals surface area contributed by atoms with Gasteiger partial charge in [0.2, 0.25) is 0 Å². The minimum atomic E-state index is -0.227. The summed E-state index contributed by atoms with van der Waals surface area (Å²) in [6, 6.07) is 14.5. The van der Waals surface area contributed by atoms with Crippen molar-refractivity contribution in [1.29, 1.82) is 0 Å². The van der Waals surface area contributed by atoms with Crippen LogP contribution < -0.4 is 5.32 Å². The van der Waals surface area contributed by atoms with E-state index in [0.717, 1.165) is 22.5 Å². The van der Waals surface area contributed by atoms with Gasteiger partial charge in [-0.15, -0.1) is 0 Å². The van der Waals surface area contributed by atoms with Gasteiger partial charge in [-0.1, -0.05) is 18.2 Å². The average Bonchev–Trinajstić information content (AvgIpc) is 2.38. The first-order chi connectivity index (χ1) is 8.74. The quantitative estimate of drug-likeness (QED) is 0.811. The Hall–Kier alpha value is -2.16. The lowest BCUT2D eigenvalue weighted by atomic mass is 9.99. The molecule has 90 valence electrons. The Morgan fingerprint density at radius 3 is 2.56 bits per heavy atom. The molecule has 0 spiro atoms. The molecule has 1 heterocycles. The van der Waals surface area contributed by atoms with E-state index in [1.54, 1.807) is 12.1 Å². The van der Waals surface area contributed by atoms with Crippen LogP contribution in [0.3, 0.4) is 0 Å². The molecule has 0 saturated carbocycles. The number of hydrogen-bond acceptors (Lipinski definition) is 2. The predicted octanol–water partition coefficient (Wildman–Crippen LogP) is 3.43. The number of hydrogen-bond donors (Lipinski definition) is 1. The van der Waals surface area contributed by atoms with Gasteiger partial charge >= 0.3 is 0 Å². The number of benzene rings is 2. The van der Waals surface area contributed by atoms with E-state index in [1.165, 1.54) is 12.1 Å². The van der Waals surface area contributed by atoms with Crippen molar-refractivity contribution in [3.05, 3.63) is 65.5 Å². The van der Waals surface area contributed by atoms with Crippen LogP contribution in [0.4, 0.5) is 10.1 Å². The third-order valence-electron chi connectivity index (χ3n) is 2.99. The summed E-state index contributed by atoms with van der Waals surface area (Å²) >= 11 is 0. The fourth-order valence-corrected chi connectivity index (χ4v) is 2.17. The van der Waals surface area contributed by atoms with Crippen molar-refractivity contribution in [2.75, 3.05) is 5.32 Å². The monoisotopic (exact) mass is 240 g/mol. The van der Waals surface area contributed by atoms with Crippen molar-refractivity contribution in [3.8, 4) is 0 Å². The lowest BCUT2D eigenvalue weighted by molar-refractivity contribution is 0.628. The zero-order valence-corrected chi connectivity index (χ0v) is 10.0. The van der Waals surface area contributed by atoms with Gasteiger partial charge in [-0.3, -0.25) is 4.99 Å². The Balaban J connectivity index is 2.13. The Kier molecular flexibility index (Phi) is 2.59. The molecule has 0 radical (unpaired) electrons. The highest BCUT2D eigenvalue weighted by Crippen LogP contribution is 2.25. The standard InChI is InChI=1S/C15H13FN2/c1-10-17-14-5-3-2-4-13(14)15(18-10)11-6-8-12(16)9-7-11/h2-10,17H,1H3. The van der Waals surface area contributed by atoms with Crippen LogP contribution in [0.1, 0.15) is 18.1 Å². The molecule has 2 aromatic carbocycles. The third-order valence-corrected chi connectivity index (χ3v) is 2.99. The van der Waals surface area contributed by atoms with Crippen LogP contribution in [0.5, 0.6) is 0 Å². The number of halogens is 1. The molecule has 2 nitrogen and oxygen atoms in total. The first kappa shape index (κ1) is 11.0. The van der Waals surface area contributed by atoms with Gasteiger partial charge in [-0.25, -0.2) is 4.39 Å². The van der Waals surface area contributed by atoms with Gasteiger partial charge in [-0.05, 0) is 37.3 Å². The van der Waals surface area contributed by atoms with Gasteiger partial charge in [0.25, 0.3) is 0 Å². The topological polar surface area (TPSA) is 24.4 Å². The number of nitrogens with one attached hydrogen (secondary N) is 1. The van der Waals surface area contributed by atoms with E-state index in [4.69, 9.17) is 0 Å². The highest BCUT2D eigenvalue weighted by atomic mass is 19.1. The van der Waals surface area contributed by atoms with Crippen molar-refractivity contribution in [2.45, 2.75) is 13.1 Å². The fourth-order valence-electron chi connectivity index (χ4n) is 2.17. The van der Waals surface area contributed by atoms with Crippen molar-refractivity contribution in [3.63, 3.8) is 0 Å². The maximum atomic E-state index is 13.0. The fraction of sp³-hybridized carbons (Fsp3) is 0.133. The van der Waals surface area contributed by atoms with Crippen LogP contribution in [0.25, 0.3) is 0 Å². The summed E-state index contributed by atoms with van der Waals surface area (Å²) < 4.78 is 13.0. The van der Waals surface area contributed by atoms with Gasteiger partial charge in [0.1, 0.15) is 12.0 Å². The van der Waals surface area contributed by atoms with Crippen LogP contribution in [0, 0.1) is 5.82 Å². The van der Waals surface area contributed by atoms with E-state index in [-0.39, 0.29) is 12.0 Å². The molecule has 1 unspecified atom stereocenters. The summed E-state index contributed by atoms with van der Waals surface area (Å²) in [5.41, 5.74) is 3.98. The number of nitrogens with zero attached hydrogens (tertiary/aromatic N) is 1. The predicted molar refractivity (Wildman–Crippen MR) is 71.6 cm³/mol. The Morgan fingerprint density at radius 1 is 1.06 bits per heavy atom. The minimum Gasteiger partial charge on any atom is -0.363 e. The molecule has 0 bridgehead atoms. The highest BCUT2D eigenvalue weighted by Gasteiger charge is 2.18. The molecule has 18 heavy (non-hydrogen) atoms. The maximum absolute atomic E-state index is 13.0. The second kappa shape index (κ2) is 4.26. The smallest absolute Gasteiger partial charge is 0.123 e. The molecule has 0 aliphatic carbocycles. The van der Waals surface area contributed by atoms with E-state index < -0.39 is 0 Å². The normalized spacial score (nSPS) is 17.7. The van der Waals surface area contributed by atoms with Crippen LogP contribution in [0.15, 0.2) is 53.5 Å². The van der Waals surface area contributed by atoms with Gasteiger partial charge in [0.05, 0.1) is 5.71 Å². The van der Waals surface area contributed by atoms with Crippen LogP contribution in [-0.2, 0) is 0 Å². The molecule has 1 N–H and O–H groups in total. The molecule has 1 atom stereocenters. The lowest BCUT2D eigenvalue weighted by Crippen LogP contribution is -2.23. The zero-order chi connectivity index (χ0) is 12.5. The molecule has 3 heteroatoms. The van der Waals surface area contributed by atoms with Crippen LogP contribution >= 0.6 is 0 Å². The second-order valence-corrected chi connectivity index (χ2v) is 4.35. The SMILES string of the molecule is CC1N=C(c2ccc(F)cc2)c2ccccc2N1. The number of para-hydroxylation sites is 1. The number of aliphatic imine (C=N–C) groups is 1. The highest BCUT2D eigenvalue weighted by molar-refractivity contribution is 6.16. The first-order valence-corrected chi connectivity index (χ1v) is 5.94. The summed E-state index contributed by atoms with van der Waals surface area (Å²) in [7, 11) is 0. The molecule has 3 rings (SSSR count). The van der Waals surface area contributed by atoms with Crippen molar-refractivity contribution < 1.29 is 4.39 Å². The molecule has 1 aliphatic heterocycles. The number of fused-ring (bicyclic) bond motifs is 1. The molecular formula is C15H13FN2. The minimum absolute atomic E-state index is 0.0277. The van der Waals surface area contributed by atoms with Crippen LogP contribution in [-0.4, -0.2) is 11.9 Å². The Morgan fingerprint density at radius 2 is 1.78 bits per heavy atom. The van der Waals surface area contributed by atoms with Crippen molar-refractivity contribution in [1.82, 2.24) is 0 Å². The molecule has 0 saturated heterocycles. The summed E-state index contributed by atoms with van der Waals surface area (Å²) in [4.78, 5) is 4.61. The number of rotatable bonds is 1.